The van der Waals surface area contributed by atoms with E-state index in [0.29, 0.717) is 22.9 Å². The highest BCUT2D eigenvalue weighted by molar-refractivity contribution is 5.99. The lowest BCUT2D eigenvalue weighted by molar-refractivity contribution is 0.0974. The van der Waals surface area contributed by atoms with E-state index < -0.39 is 5.69 Å². The smallest absolute Gasteiger partial charge is 0.329 e. The summed E-state index contributed by atoms with van der Waals surface area (Å²) in [6.07, 6.45) is 1.17. The van der Waals surface area contributed by atoms with E-state index in [1.165, 1.54) is 10.3 Å². The molecule has 8 heteroatoms. The van der Waals surface area contributed by atoms with Gasteiger partial charge in [-0.1, -0.05) is 35.9 Å². The first-order valence-corrected chi connectivity index (χ1v) is 13.4. The second-order valence-corrected chi connectivity index (χ2v) is 10.1. The topological polar surface area (TPSA) is 87.6 Å². The molecule has 2 heterocycles. The zero-order valence-electron chi connectivity index (χ0n) is 22.5. The van der Waals surface area contributed by atoms with Crippen molar-refractivity contribution >= 4 is 22.4 Å². The number of carbonyl (C=O) groups is 1. The Morgan fingerprint density at radius 2 is 1.64 bits per heavy atom. The second kappa shape index (κ2) is 11.7. The fourth-order valence-corrected chi connectivity index (χ4v) is 5.08. The molecule has 3 aromatic carbocycles. The van der Waals surface area contributed by atoms with E-state index in [-0.39, 0.29) is 17.9 Å². The summed E-state index contributed by atoms with van der Waals surface area (Å²) in [6, 6.07) is 20.8. The number of anilines is 1. The van der Waals surface area contributed by atoms with E-state index in [1.807, 2.05) is 43.3 Å². The van der Waals surface area contributed by atoms with Crippen LogP contribution in [0.5, 0.6) is 5.75 Å². The van der Waals surface area contributed by atoms with Crippen molar-refractivity contribution in [2.45, 2.75) is 26.3 Å². The fraction of sp³-hybridized carbons (Fsp3) is 0.323. The van der Waals surface area contributed by atoms with Gasteiger partial charge in [-0.15, -0.1) is 0 Å². The van der Waals surface area contributed by atoms with E-state index in [9.17, 15) is 14.4 Å². The van der Waals surface area contributed by atoms with Gasteiger partial charge in [-0.2, -0.15) is 0 Å². The second-order valence-electron chi connectivity index (χ2n) is 10.1. The molecule has 0 unspecified atom stereocenters. The largest absolute Gasteiger partial charge is 0.497 e. The number of H-pyrrole nitrogens is 1. The molecule has 0 atom stereocenters. The minimum atomic E-state index is -0.480. The quantitative estimate of drug-likeness (QED) is 0.334. The maximum atomic E-state index is 13.0. The third kappa shape index (κ3) is 6.12. The van der Waals surface area contributed by atoms with Gasteiger partial charge < -0.3 is 14.6 Å². The number of aromatic amines is 1. The van der Waals surface area contributed by atoms with Crippen LogP contribution in [-0.2, 0) is 6.54 Å². The Morgan fingerprint density at radius 3 is 2.33 bits per heavy atom. The molecule has 5 rings (SSSR count). The van der Waals surface area contributed by atoms with E-state index in [0.717, 1.165) is 56.0 Å². The Labute approximate surface area is 227 Å². The number of nitrogens with one attached hydrogen (secondary N) is 1. The monoisotopic (exact) mass is 526 g/mol. The maximum Gasteiger partial charge on any atom is 0.329 e. The first-order valence-electron chi connectivity index (χ1n) is 13.4. The van der Waals surface area contributed by atoms with Crippen LogP contribution in [0.3, 0.4) is 0 Å². The number of hydrogen-bond donors (Lipinski definition) is 1. The zero-order valence-corrected chi connectivity index (χ0v) is 22.5. The molecule has 1 N–H and O–H groups in total. The van der Waals surface area contributed by atoms with Crippen molar-refractivity contribution in [1.82, 2.24) is 14.5 Å². The number of methoxy groups -OCH3 is 1. The summed E-state index contributed by atoms with van der Waals surface area (Å²) in [7, 11) is 1.67. The third-order valence-corrected chi connectivity index (χ3v) is 7.45. The van der Waals surface area contributed by atoms with Crippen LogP contribution >= 0.6 is 0 Å². The number of fused-ring (bicyclic) bond motifs is 1. The molecular formula is C31H34N4O4. The summed E-state index contributed by atoms with van der Waals surface area (Å²) in [5.41, 5.74) is 3.25. The van der Waals surface area contributed by atoms with Gasteiger partial charge in [0.2, 0.25) is 0 Å². The average Bonchev–Trinajstić information content (AvgIpc) is 2.96. The molecule has 0 saturated carbocycles. The summed E-state index contributed by atoms with van der Waals surface area (Å²) in [5, 5.41) is 0.396. The molecule has 0 spiro atoms. The van der Waals surface area contributed by atoms with Crippen molar-refractivity contribution in [3.8, 4) is 5.75 Å². The summed E-state index contributed by atoms with van der Waals surface area (Å²) in [6.45, 7) is 6.83. The van der Waals surface area contributed by atoms with E-state index in [1.54, 1.807) is 25.3 Å². The van der Waals surface area contributed by atoms with Gasteiger partial charge in [-0.3, -0.25) is 19.1 Å². The van der Waals surface area contributed by atoms with Gasteiger partial charge >= 0.3 is 5.69 Å². The number of piperazine rings is 1. The average molecular weight is 527 g/mol. The first-order chi connectivity index (χ1) is 18.9. The summed E-state index contributed by atoms with van der Waals surface area (Å²) in [5.74, 6) is 0.869. The molecule has 0 aliphatic carbocycles. The van der Waals surface area contributed by atoms with Crippen molar-refractivity contribution in [1.29, 1.82) is 0 Å². The Kier molecular flexibility index (Phi) is 7.93. The standard InChI is InChI=1S/C31H34N4O4/c1-22-5-7-23(8-6-22)21-35-30(37)27-14-9-24(20-28(27)32-31(35)38)29(36)4-3-15-33-16-18-34(19-17-33)25-10-12-26(39-2)13-11-25/h5-14,20H,3-4,15-19,21H2,1-2H3,(H,32,38). The van der Waals surface area contributed by atoms with Crippen molar-refractivity contribution in [2.24, 2.45) is 0 Å². The molecule has 0 bridgehead atoms. The minimum absolute atomic E-state index is 0.0125. The third-order valence-electron chi connectivity index (χ3n) is 7.45. The maximum absolute atomic E-state index is 13.0. The van der Waals surface area contributed by atoms with Crippen LogP contribution in [0.1, 0.15) is 34.3 Å². The molecule has 1 aliphatic heterocycles. The number of rotatable bonds is 9. The van der Waals surface area contributed by atoms with Crippen LogP contribution in [0.25, 0.3) is 10.9 Å². The van der Waals surface area contributed by atoms with Crippen LogP contribution < -0.4 is 20.9 Å². The summed E-state index contributed by atoms with van der Waals surface area (Å²) < 4.78 is 6.44. The lowest BCUT2D eigenvalue weighted by Gasteiger charge is -2.36. The normalized spacial score (nSPS) is 14.1. The van der Waals surface area contributed by atoms with E-state index in [2.05, 4.69) is 26.9 Å². The highest BCUT2D eigenvalue weighted by Gasteiger charge is 2.18. The lowest BCUT2D eigenvalue weighted by atomic mass is 10.0. The van der Waals surface area contributed by atoms with Crippen molar-refractivity contribution < 1.29 is 9.53 Å². The number of nitrogens with zero attached hydrogens (tertiary/aromatic N) is 3. The van der Waals surface area contributed by atoms with Crippen molar-refractivity contribution in [3.63, 3.8) is 0 Å². The fourth-order valence-electron chi connectivity index (χ4n) is 5.08. The van der Waals surface area contributed by atoms with Gasteiger partial charge in [0.05, 0.1) is 24.6 Å². The van der Waals surface area contributed by atoms with Gasteiger partial charge in [0.25, 0.3) is 5.56 Å². The summed E-state index contributed by atoms with van der Waals surface area (Å²) in [4.78, 5) is 46.2. The molecule has 1 fully saturated rings. The molecule has 0 radical (unpaired) electrons. The molecule has 1 saturated heterocycles. The Balaban J connectivity index is 1.16. The summed E-state index contributed by atoms with van der Waals surface area (Å²) >= 11 is 0. The Bertz CT molecular complexity index is 1560. The first kappa shape index (κ1) is 26.4. The van der Waals surface area contributed by atoms with E-state index >= 15 is 0 Å². The molecule has 0 amide bonds. The van der Waals surface area contributed by atoms with E-state index in [4.69, 9.17) is 4.74 Å². The number of ketones is 1. The number of Topliss-reactive ketones (excluding diaryl/α,β-unsaturated/α-hetero) is 1. The number of carbonyl (C=O) groups excluding carboxylic acids is 1. The zero-order chi connectivity index (χ0) is 27.4. The van der Waals surface area contributed by atoms with Crippen molar-refractivity contribution in [2.75, 3.05) is 44.7 Å². The van der Waals surface area contributed by atoms with Gasteiger partial charge in [-0.05, 0) is 61.9 Å². The highest BCUT2D eigenvalue weighted by atomic mass is 16.5. The van der Waals surface area contributed by atoms with Gasteiger partial charge in [0, 0.05) is 43.9 Å². The van der Waals surface area contributed by atoms with Gasteiger partial charge in [0.1, 0.15) is 5.75 Å². The predicted molar refractivity (Wildman–Crippen MR) is 154 cm³/mol. The Morgan fingerprint density at radius 1 is 0.923 bits per heavy atom. The molecule has 202 valence electrons. The van der Waals surface area contributed by atoms with Crippen LogP contribution in [0.15, 0.2) is 76.3 Å². The van der Waals surface area contributed by atoms with Gasteiger partial charge in [-0.25, -0.2) is 4.79 Å². The predicted octanol–water partition coefficient (Wildman–Crippen LogP) is 3.84. The Hall–Kier alpha value is -4.17. The number of aromatic nitrogens is 2. The number of hydrogen-bond acceptors (Lipinski definition) is 6. The lowest BCUT2D eigenvalue weighted by Crippen LogP contribution is -2.46. The van der Waals surface area contributed by atoms with Crippen molar-refractivity contribution in [3.05, 3.63) is 104 Å². The molecular weight excluding hydrogens is 492 g/mol. The minimum Gasteiger partial charge on any atom is -0.497 e. The SMILES string of the molecule is COc1ccc(N2CCN(CCCC(=O)c3ccc4c(=O)n(Cc5ccc(C)cc5)c(=O)[nH]c4c3)CC2)cc1. The molecule has 1 aromatic heterocycles. The van der Waals surface area contributed by atoms with Crippen LogP contribution in [-0.4, -0.2) is 60.1 Å². The molecule has 8 nitrogen and oxygen atoms in total. The van der Waals surface area contributed by atoms with Gasteiger partial charge in [0.15, 0.2) is 5.78 Å². The van der Waals surface area contributed by atoms with Crippen LogP contribution in [0.2, 0.25) is 0 Å². The molecule has 4 aromatic rings. The molecule has 1 aliphatic rings. The highest BCUT2D eigenvalue weighted by Crippen LogP contribution is 2.21. The molecule has 39 heavy (non-hydrogen) atoms. The number of aryl methyl sites for hydroxylation is 1. The number of benzene rings is 3. The van der Waals surface area contributed by atoms with Crippen LogP contribution in [0, 0.1) is 6.92 Å². The number of ether oxygens (including phenoxy) is 1. The van der Waals surface area contributed by atoms with Crippen LogP contribution in [0.4, 0.5) is 5.69 Å².